The lowest BCUT2D eigenvalue weighted by atomic mass is 9.87. The molecule has 0 saturated carbocycles. The molecule has 4 unspecified atom stereocenters. The quantitative estimate of drug-likeness (QED) is 0.422. The van der Waals surface area contributed by atoms with Crippen LogP contribution in [-0.2, 0) is 27.3 Å². The fraction of sp³-hybridized carbons (Fsp3) is 0.464. The summed E-state index contributed by atoms with van der Waals surface area (Å²) in [6, 6.07) is 14.0. The van der Waals surface area contributed by atoms with Gasteiger partial charge in [0.2, 0.25) is 17.7 Å². The van der Waals surface area contributed by atoms with E-state index in [2.05, 4.69) is 28.1 Å². The first kappa shape index (κ1) is 28.1. The van der Waals surface area contributed by atoms with Gasteiger partial charge >= 0.3 is 0 Å². The first-order valence-corrected chi connectivity index (χ1v) is 12.6. The first-order valence-electron chi connectivity index (χ1n) is 12.6. The highest BCUT2D eigenvalue weighted by molar-refractivity contribution is 14.0. The highest BCUT2D eigenvalue weighted by Gasteiger charge is 2.42. The number of amides is 3. The van der Waals surface area contributed by atoms with Gasteiger partial charge in [-0.25, -0.2) is 0 Å². The van der Waals surface area contributed by atoms with E-state index in [1.165, 1.54) is 5.56 Å². The molecule has 3 N–H and O–H groups in total. The third kappa shape index (κ3) is 5.75. The summed E-state index contributed by atoms with van der Waals surface area (Å²) in [6.07, 6.45) is 2.90. The molecule has 0 saturated heterocycles. The molecular weight excluding hydrogens is 567 g/mol. The Balaban J connectivity index is 0.00000361. The Labute approximate surface area is 230 Å². The maximum atomic E-state index is 13.8. The Kier molecular flexibility index (Phi) is 9.52. The molecule has 4 rings (SSSR count). The number of carbonyl (C=O) groups is 3. The van der Waals surface area contributed by atoms with E-state index in [0.717, 1.165) is 36.0 Å². The van der Waals surface area contributed by atoms with Crippen molar-refractivity contribution in [3.8, 4) is 0 Å². The molecule has 2 aliphatic rings. The molecule has 1 aliphatic heterocycles. The van der Waals surface area contributed by atoms with Crippen molar-refractivity contribution in [2.75, 3.05) is 7.05 Å². The van der Waals surface area contributed by atoms with Gasteiger partial charge in [0, 0.05) is 6.54 Å². The second kappa shape index (κ2) is 12.2. The molecule has 2 aromatic carbocycles. The van der Waals surface area contributed by atoms with E-state index >= 15 is 0 Å². The van der Waals surface area contributed by atoms with E-state index in [4.69, 9.17) is 0 Å². The minimum atomic E-state index is -0.729. The smallest absolute Gasteiger partial charge is 0.247 e. The number of benzene rings is 2. The van der Waals surface area contributed by atoms with Crippen LogP contribution in [0.1, 0.15) is 68.0 Å². The zero-order valence-electron chi connectivity index (χ0n) is 21.4. The van der Waals surface area contributed by atoms with Gasteiger partial charge in [-0.1, -0.05) is 62.4 Å². The molecule has 7 nitrogen and oxygen atoms in total. The summed E-state index contributed by atoms with van der Waals surface area (Å²) in [5, 5.41) is 9.06. The average molecular weight is 605 g/mol. The van der Waals surface area contributed by atoms with Crippen molar-refractivity contribution in [2.45, 2.75) is 70.7 Å². The van der Waals surface area contributed by atoms with E-state index in [-0.39, 0.29) is 53.7 Å². The minimum absolute atomic E-state index is 0. The van der Waals surface area contributed by atoms with Gasteiger partial charge < -0.3 is 20.9 Å². The molecule has 194 valence electrons. The summed E-state index contributed by atoms with van der Waals surface area (Å²) >= 11 is 0. The molecule has 4 atom stereocenters. The largest absolute Gasteiger partial charge is 0.347 e. The van der Waals surface area contributed by atoms with Gasteiger partial charge in [-0.05, 0) is 61.4 Å². The lowest BCUT2D eigenvalue weighted by molar-refractivity contribution is -0.144. The van der Waals surface area contributed by atoms with Gasteiger partial charge in [0.15, 0.2) is 0 Å². The SMILES string of the molecule is CNC(C)C(=O)NC(C(=O)N1Cc2ccccc2C1C(=O)NC1CCCc2ccccc21)C(C)C.I. The monoisotopic (exact) mass is 604 g/mol. The summed E-state index contributed by atoms with van der Waals surface area (Å²) in [4.78, 5) is 41.8. The number of halogens is 1. The van der Waals surface area contributed by atoms with E-state index in [9.17, 15) is 14.4 Å². The van der Waals surface area contributed by atoms with Crippen LogP contribution in [0.3, 0.4) is 0 Å². The molecule has 0 spiro atoms. The Morgan fingerprint density at radius 2 is 1.58 bits per heavy atom. The second-order valence-electron chi connectivity index (χ2n) is 9.96. The van der Waals surface area contributed by atoms with Crippen LogP contribution < -0.4 is 16.0 Å². The van der Waals surface area contributed by atoms with Crippen molar-refractivity contribution >= 4 is 41.7 Å². The summed E-state index contributed by atoms with van der Waals surface area (Å²) in [5.41, 5.74) is 4.23. The molecule has 0 radical (unpaired) electrons. The molecule has 1 heterocycles. The van der Waals surface area contributed by atoms with Crippen LogP contribution in [0.4, 0.5) is 0 Å². The Bertz CT molecular complexity index is 1110. The number of carbonyl (C=O) groups excluding carboxylic acids is 3. The van der Waals surface area contributed by atoms with Crippen LogP contribution in [0.5, 0.6) is 0 Å². The van der Waals surface area contributed by atoms with Gasteiger partial charge in [-0.2, -0.15) is 0 Å². The molecule has 2 aromatic rings. The normalized spacial score (nSPS) is 20.0. The van der Waals surface area contributed by atoms with Crippen molar-refractivity contribution < 1.29 is 14.4 Å². The summed E-state index contributed by atoms with van der Waals surface area (Å²) in [7, 11) is 1.71. The number of hydrogen-bond donors (Lipinski definition) is 3. The molecular formula is C28H37IN4O3. The van der Waals surface area contributed by atoms with Crippen LogP contribution in [0.15, 0.2) is 48.5 Å². The molecule has 1 aliphatic carbocycles. The number of aryl methyl sites for hydroxylation is 1. The summed E-state index contributed by atoms with van der Waals surface area (Å²) in [6.45, 7) is 5.91. The summed E-state index contributed by atoms with van der Waals surface area (Å²) in [5.74, 6) is -0.788. The summed E-state index contributed by atoms with van der Waals surface area (Å²) < 4.78 is 0. The maximum absolute atomic E-state index is 13.8. The van der Waals surface area contributed by atoms with Gasteiger partial charge in [0.25, 0.3) is 0 Å². The first-order chi connectivity index (χ1) is 16.8. The van der Waals surface area contributed by atoms with Crippen LogP contribution in [-0.4, -0.2) is 41.8 Å². The number of hydrogen-bond acceptors (Lipinski definition) is 4. The number of likely N-dealkylation sites (N-methyl/N-ethyl adjacent to an activating group) is 1. The third-order valence-corrected chi connectivity index (χ3v) is 7.28. The lowest BCUT2D eigenvalue weighted by Gasteiger charge is -2.33. The molecule has 0 bridgehead atoms. The standard InChI is InChI=1S/C28H36N4O3.HI/c1-17(2)24(31-26(33)18(3)29-4)28(35)32-16-20-11-6-8-14-22(20)25(32)27(34)30-23-15-9-12-19-10-5-7-13-21(19)23;/h5-8,10-11,13-14,17-18,23-25,29H,9,12,15-16H2,1-4H3,(H,30,34)(H,31,33);1H. The van der Waals surface area contributed by atoms with Crippen LogP contribution >= 0.6 is 24.0 Å². The minimum Gasteiger partial charge on any atom is -0.347 e. The Morgan fingerprint density at radius 1 is 0.944 bits per heavy atom. The van der Waals surface area contributed by atoms with E-state index in [1.54, 1.807) is 18.9 Å². The maximum Gasteiger partial charge on any atom is 0.247 e. The van der Waals surface area contributed by atoms with Crippen LogP contribution in [0.25, 0.3) is 0 Å². The highest BCUT2D eigenvalue weighted by atomic mass is 127. The third-order valence-electron chi connectivity index (χ3n) is 7.28. The predicted molar refractivity (Wildman–Crippen MR) is 151 cm³/mol. The van der Waals surface area contributed by atoms with Crippen molar-refractivity contribution in [3.63, 3.8) is 0 Å². The number of nitrogens with zero attached hydrogens (tertiary/aromatic N) is 1. The van der Waals surface area contributed by atoms with Gasteiger partial charge in [0.05, 0.1) is 12.1 Å². The van der Waals surface area contributed by atoms with E-state index in [1.807, 2.05) is 50.2 Å². The highest BCUT2D eigenvalue weighted by Crippen LogP contribution is 2.36. The van der Waals surface area contributed by atoms with Crippen LogP contribution in [0.2, 0.25) is 0 Å². The second-order valence-corrected chi connectivity index (χ2v) is 9.96. The predicted octanol–water partition coefficient (Wildman–Crippen LogP) is 3.63. The topological polar surface area (TPSA) is 90.5 Å². The molecule has 8 heteroatoms. The van der Waals surface area contributed by atoms with Crippen LogP contribution in [0, 0.1) is 5.92 Å². The number of rotatable bonds is 7. The van der Waals surface area contributed by atoms with Crippen molar-refractivity contribution in [1.29, 1.82) is 0 Å². The Morgan fingerprint density at radius 3 is 2.25 bits per heavy atom. The van der Waals surface area contributed by atoms with Gasteiger partial charge in [-0.15, -0.1) is 24.0 Å². The zero-order valence-corrected chi connectivity index (χ0v) is 23.7. The van der Waals surface area contributed by atoms with Crippen molar-refractivity contribution in [2.24, 2.45) is 5.92 Å². The fourth-order valence-electron chi connectivity index (χ4n) is 5.13. The molecule has 0 aromatic heterocycles. The van der Waals surface area contributed by atoms with E-state index in [0.29, 0.717) is 6.54 Å². The zero-order chi connectivity index (χ0) is 25.1. The van der Waals surface area contributed by atoms with Crippen molar-refractivity contribution in [3.05, 3.63) is 70.8 Å². The van der Waals surface area contributed by atoms with Crippen molar-refractivity contribution in [1.82, 2.24) is 20.9 Å². The average Bonchev–Trinajstić information content (AvgIpc) is 3.26. The number of fused-ring (bicyclic) bond motifs is 2. The van der Waals surface area contributed by atoms with E-state index < -0.39 is 18.1 Å². The number of nitrogens with one attached hydrogen (secondary N) is 3. The molecule has 3 amide bonds. The Hall–Kier alpha value is -2.46. The molecule has 0 fully saturated rings. The fourth-order valence-corrected chi connectivity index (χ4v) is 5.13. The van der Waals surface area contributed by atoms with Gasteiger partial charge in [0.1, 0.15) is 12.1 Å². The van der Waals surface area contributed by atoms with Gasteiger partial charge in [-0.3, -0.25) is 14.4 Å². The lowest BCUT2D eigenvalue weighted by Crippen LogP contribution is -2.55. The molecule has 36 heavy (non-hydrogen) atoms.